The fourth-order valence-corrected chi connectivity index (χ4v) is 2.37. The van der Waals surface area contributed by atoms with Crippen LogP contribution in [0.3, 0.4) is 0 Å². The van der Waals surface area contributed by atoms with Gasteiger partial charge < -0.3 is 14.6 Å². The first-order chi connectivity index (χ1) is 12.6. The SMILES string of the molecule is CCCNC(=O)c1cc(OCc2c(-c3ccc(F)cc3)noc2C)n[nH]1. The summed E-state index contributed by atoms with van der Waals surface area (Å²) in [5.74, 6) is 0.331. The smallest absolute Gasteiger partial charge is 0.269 e. The number of aromatic nitrogens is 3. The van der Waals surface area contributed by atoms with Gasteiger partial charge in [0.2, 0.25) is 5.88 Å². The standard InChI is InChI=1S/C18H19FN4O3/c1-3-8-20-18(24)15-9-16(22-21-15)25-10-14-11(2)26-23-17(14)12-4-6-13(19)7-5-12/h4-7,9H,3,8,10H2,1-2H3,(H,20,24)(H,21,22). The van der Waals surface area contributed by atoms with Crippen LogP contribution >= 0.6 is 0 Å². The Bertz CT molecular complexity index is 886. The summed E-state index contributed by atoms with van der Waals surface area (Å²) >= 11 is 0. The maximum Gasteiger partial charge on any atom is 0.269 e. The Hall–Kier alpha value is -3.16. The van der Waals surface area contributed by atoms with Crippen molar-refractivity contribution < 1.29 is 18.4 Å². The second-order valence-electron chi connectivity index (χ2n) is 5.74. The summed E-state index contributed by atoms with van der Waals surface area (Å²) in [7, 11) is 0. The number of aryl methyl sites for hydroxylation is 1. The van der Waals surface area contributed by atoms with Crippen molar-refractivity contribution in [1.29, 1.82) is 0 Å². The predicted molar refractivity (Wildman–Crippen MR) is 92.2 cm³/mol. The van der Waals surface area contributed by atoms with Crippen LogP contribution in [0.15, 0.2) is 34.9 Å². The molecule has 1 amide bonds. The minimum Gasteiger partial charge on any atom is -0.472 e. The first kappa shape index (κ1) is 17.7. The van der Waals surface area contributed by atoms with Crippen LogP contribution in [0.2, 0.25) is 0 Å². The highest BCUT2D eigenvalue weighted by atomic mass is 19.1. The van der Waals surface area contributed by atoms with Gasteiger partial charge in [-0.05, 0) is 37.6 Å². The molecule has 2 N–H and O–H groups in total. The number of ether oxygens (including phenoxy) is 1. The summed E-state index contributed by atoms with van der Waals surface area (Å²) in [6.07, 6.45) is 0.849. The third kappa shape index (κ3) is 3.90. The number of hydrogen-bond donors (Lipinski definition) is 2. The zero-order valence-corrected chi connectivity index (χ0v) is 14.5. The highest BCUT2D eigenvalue weighted by molar-refractivity contribution is 5.92. The lowest BCUT2D eigenvalue weighted by Gasteiger charge is -2.04. The van der Waals surface area contributed by atoms with Crippen LogP contribution in [0.1, 0.15) is 35.2 Å². The molecule has 7 nitrogen and oxygen atoms in total. The molecule has 26 heavy (non-hydrogen) atoms. The molecule has 3 aromatic rings. The molecule has 0 saturated carbocycles. The number of carbonyl (C=O) groups is 1. The van der Waals surface area contributed by atoms with Crippen LogP contribution in [0, 0.1) is 12.7 Å². The fourth-order valence-electron chi connectivity index (χ4n) is 2.37. The topological polar surface area (TPSA) is 93.0 Å². The van der Waals surface area contributed by atoms with Gasteiger partial charge in [-0.2, -0.15) is 0 Å². The molecule has 1 aromatic carbocycles. The van der Waals surface area contributed by atoms with Crippen molar-refractivity contribution in [2.45, 2.75) is 26.9 Å². The van der Waals surface area contributed by atoms with Gasteiger partial charge in [0.1, 0.15) is 29.6 Å². The Morgan fingerprint density at radius 2 is 2.12 bits per heavy atom. The number of carbonyl (C=O) groups excluding carboxylic acids is 1. The van der Waals surface area contributed by atoms with E-state index in [9.17, 15) is 9.18 Å². The average Bonchev–Trinajstić information content (AvgIpc) is 3.25. The summed E-state index contributed by atoms with van der Waals surface area (Å²) in [6.45, 7) is 4.49. The normalized spacial score (nSPS) is 10.7. The monoisotopic (exact) mass is 358 g/mol. The predicted octanol–water partition coefficient (Wildman–Crippen LogP) is 3.23. The van der Waals surface area contributed by atoms with Crippen LogP contribution in [0.5, 0.6) is 5.88 Å². The van der Waals surface area contributed by atoms with Crippen LogP contribution in [-0.2, 0) is 6.61 Å². The molecule has 0 spiro atoms. The Morgan fingerprint density at radius 1 is 1.35 bits per heavy atom. The van der Waals surface area contributed by atoms with Crippen molar-refractivity contribution in [3.63, 3.8) is 0 Å². The van der Waals surface area contributed by atoms with Crippen molar-refractivity contribution in [2.75, 3.05) is 6.54 Å². The summed E-state index contributed by atoms with van der Waals surface area (Å²) in [5, 5.41) is 13.4. The van der Waals surface area contributed by atoms with Crippen LogP contribution in [0.4, 0.5) is 4.39 Å². The number of nitrogens with one attached hydrogen (secondary N) is 2. The van der Waals surface area contributed by atoms with E-state index in [1.807, 2.05) is 6.92 Å². The van der Waals surface area contributed by atoms with E-state index in [2.05, 4.69) is 20.7 Å². The third-order valence-corrected chi connectivity index (χ3v) is 3.80. The average molecular weight is 358 g/mol. The molecule has 0 fully saturated rings. The van der Waals surface area contributed by atoms with Gasteiger partial charge in [0, 0.05) is 18.2 Å². The largest absolute Gasteiger partial charge is 0.472 e. The molecule has 0 aliphatic rings. The minimum atomic E-state index is -0.322. The molecule has 0 unspecified atom stereocenters. The van der Waals surface area contributed by atoms with E-state index in [0.29, 0.717) is 23.7 Å². The van der Waals surface area contributed by atoms with Crippen molar-refractivity contribution in [1.82, 2.24) is 20.7 Å². The molecule has 2 aromatic heterocycles. The highest BCUT2D eigenvalue weighted by Crippen LogP contribution is 2.26. The minimum absolute atomic E-state index is 0.156. The molecular formula is C18H19FN4O3. The van der Waals surface area contributed by atoms with Crippen molar-refractivity contribution in [3.8, 4) is 17.1 Å². The van der Waals surface area contributed by atoms with Gasteiger partial charge in [-0.25, -0.2) is 4.39 Å². The van der Waals surface area contributed by atoms with E-state index in [1.165, 1.54) is 18.2 Å². The molecule has 136 valence electrons. The number of nitrogens with zero attached hydrogens (tertiary/aromatic N) is 2. The maximum atomic E-state index is 13.1. The van der Waals surface area contributed by atoms with Gasteiger partial charge in [-0.3, -0.25) is 9.89 Å². The summed E-state index contributed by atoms with van der Waals surface area (Å²) in [4.78, 5) is 11.9. The molecule has 0 radical (unpaired) electrons. The molecule has 0 atom stereocenters. The second kappa shape index (κ2) is 7.81. The van der Waals surface area contributed by atoms with Gasteiger partial charge in [0.05, 0.1) is 5.56 Å². The number of hydrogen-bond acceptors (Lipinski definition) is 5. The number of aromatic amines is 1. The fraction of sp³-hybridized carbons (Fsp3) is 0.278. The first-order valence-corrected chi connectivity index (χ1v) is 8.26. The number of benzene rings is 1. The summed E-state index contributed by atoms with van der Waals surface area (Å²) < 4.78 is 24.0. The Kier molecular flexibility index (Phi) is 5.31. The summed E-state index contributed by atoms with van der Waals surface area (Å²) in [6, 6.07) is 7.50. The van der Waals surface area contributed by atoms with Crippen LogP contribution in [0.25, 0.3) is 11.3 Å². The van der Waals surface area contributed by atoms with E-state index < -0.39 is 0 Å². The Morgan fingerprint density at radius 3 is 2.85 bits per heavy atom. The maximum absolute atomic E-state index is 13.1. The van der Waals surface area contributed by atoms with Gasteiger partial charge in [0.25, 0.3) is 5.91 Å². The van der Waals surface area contributed by atoms with E-state index in [-0.39, 0.29) is 24.2 Å². The molecule has 0 bridgehead atoms. The molecule has 8 heteroatoms. The first-order valence-electron chi connectivity index (χ1n) is 8.26. The molecular weight excluding hydrogens is 339 g/mol. The molecule has 0 saturated heterocycles. The molecule has 0 aliphatic carbocycles. The van der Waals surface area contributed by atoms with Gasteiger partial charge in [-0.1, -0.05) is 12.1 Å². The van der Waals surface area contributed by atoms with E-state index >= 15 is 0 Å². The number of amides is 1. The Labute approximate surface area is 149 Å². The van der Waals surface area contributed by atoms with Gasteiger partial charge in [-0.15, -0.1) is 5.10 Å². The zero-order valence-electron chi connectivity index (χ0n) is 14.5. The third-order valence-electron chi connectivity index (χ3n) is 3.80. The number of rotatable bonds is 7. The van der Waals surface area contributed by atoms with Crippen LogP contribution in [-0.4, -0.2) is 27.8 Å². The number of H-pyrrole nitrogens is 1. The molecule has 0 aliphatic heterocycles. The van der Waals surface area contributed by atoms with Gasteiger partial charge in [0.15, 0.2) is 0 Å². The molecule has 3 rings (SSSR count). The lowest BCUT2D eigenvalue weighted by Crippen LogP contribution is -2.24. The quantitative estimate of drug-likeness (QED) is 0.676. The lowest BCUT2D eigenvalue weighted by atomic mass is 10.1. The lowest BCUT2D eigenvalue weighted by molar-refractivity contribution is 0.0948. The van der Waals surface area contributed by atoms with E-state index in [0.717, 1.165) is 17.5 Å². The summed E-state index contributed by atoms with van der Waals surface area (Å²) in [5.41, 5.74) is 2.37. The van der Waals surface area contributed by atoms with E-state index in [4.69, 9.17) is 9.26 Å². The van der Waals surface area contributed by atoms with E-state index in [1.54, 1.807) is 19.1 Å². The number of halogens is 1. The van der Waals surface area contributed by atoms with Crippen molar-refractivity contribution in [2.24, 2.45) is 0 Å². The Balaban J connectivity index is 1.71. The zero-order chi connectivity index (χ0) is 18.5. The molecule has 2 heterocycles. The van der Waals surface area contributed by atoms with Crippen LogP contribution < -0.4 is 10.1 Å². The van der Waals surface area contributed by atoms with Gasteiger partial charge >= 0.3 is 0 Å². The second-order valence-corrected chi connectivity index (χ2v) is 5.74. The van der Waals surface area contributed by atoms with Crippen molar-refractivity contribution in [3.05, 3.63) is 53.2 Å². The van der Waals surface area contributed by atoms with Crippen molar-refractivity contribution >= 4 is 5.91 Å². The highest BCUT2D eigenvalue weighted by Gasteiger charge is 2.17.